The largest absolute Gasteiger partial charge is 0.381 e. The highest BCUT2D eigenvalue weighted by Gasteiger charge is 2.18. The van der Waals surface area contributed by atoms with Crippen molar-refractivity contribution in [1.82, 2.24) is 5.32 Å². The first kappa shape index (κ1) is 12.9. The van der Waals surface area contributed by atoms with E-state index in [0.717, 1.165) is 12.8 Å². The summed E-state index contributed by atoms with van der Waals surface area (Å²) in [6, 6.07) is 4.53. The molecule has 1 aromatic rings. The van der Waals surface area contributed by atoms with Gasteiger partial charge in [0.2, 0.25) is 5.82 Å². The SMILES string of the molecule is O=[N+]([O-])c1cccc(CNC2CCOCC2)c1F. The van der Waals surface area contributed by atoms with Crippen LogP contribution in [0.1, 0.15) is 18.4 Å². The summed E-state index contributed by atoms with van der Waals surface area (Å²) in [6.45, 7) is 1.71. The maximum absolute atomic E-state index is 13.8. The van der Waals surface area contributed by atoms with Crippen LogP contribution >= 0.6 is 0 Å². The van der Waals surface area contributed by atoms with E-state index >= 15 is 0 Å². The van der Waals surface area contributed by atoms with Gasteiger partial charge in [-0.05, 0) is 12.8 Å². The van der Waals surface area contributed by atoms with Gasteiger partial charge >= 0.3 is 5.69 Å². The summed E-state index contributed by atoms with van der Waals surface area (Å²) in [7, 11) is 0. The van der Waals surface area contributed by atoms with Gasteiger partial charge in [-0.1, -0.05) is 12.1 Å². The predicted octanol–water partition coefficient (Wildman–Crippen LogP) is 2.00. The van der Waals surface area contributed by atoms with E-state index in [2.05, 4.69) is 5.32 Å². The van der Waals surface area contributed by atoms with Gasteiger partial charge in [0, 0.05) is 37.4 Å². The molecule has 1 N–H and O–H groups in total. The number of ether oxygens (including phenoxy) is 1. The number of benzene rings is 1. The third kappa shape index (κ3) is 3.02. The highest BCUT2D eigenvalue weighted by Crippen LogP contribution is 2.20. The number of nitrogens with zero attached hydrogens (tertiary/aromatic N) is 1. The molecule has 2 rings (SSSR count). The lowest BCUT2D eigenvalue weighted by Gasteiger charge is -2.23. The van der Waals surface area contributed by atoms with E-state index < -0.39 is 16.4 Å². The van der Waals surface area contributed by atoms with E-state index in [4.69, 9.17) is 4.74 Å². The first-order valence-corrected chi connectivity index (χ1v) is 5.91. The van der Waals surface area contributed by atoms with Crippen molar-refractivity contribution in [2.24, 2.45) is 0 Å². The van der Waals surface area contributed by atoms with Gasteiger partial charge in [0.1, 0.15) is 0 Å². The van der Waals surface area contributed by atoms with Gasteiger partial charge in [0.15, 0.2) is 0 Å². The quantitative estimate of drug-likeness (QED) is 0.659. The van der Waals surface area contributed by atoms with Gasteiger partial charge in [0.05, 0.1) is 4.92 Å². The van der Waals surface area contributed by atoms with Crippen LogP contribution in [0.5, 0.6) is 0 Å². The Bertz CT molecular complexity index is 433. The molecule has 0 saturated carbocycles. The molecule has 0 amide bonds. The van der Waals surface area contributed by atoms with Crippen LogP contribution in [0.15, 0.2) is 18.2 Å². The molecule has 1 fully saturated rings. The Kier molecular flexibility index (Phi) is 4.22. The van der Waals surface area contributed by atoms with Crippen LogP contribution in [0.2, 0.25) is 0 Å². The van der Waals surface area contributed by atoms with Crippen LogP contribution in [0.25, 0.3) is 0 Å². The summed E-state index contributed by atoms with van der Waals surface area (Å²) < 4.78 is 19.0. The van der Waals surface area contributed by atoms with E-state index in [1.165, 1.54) is 12.1 Å². The molecule has 6 heteroatoms. The number of nitro groups is 1. The fourth-order valence-electron chi connectivity index (χ4n) is 2.00. The third-order valence-corrected chi connectivity index (χ3v) is 3.06. The summed E-state index contributed by atoms with van der Waals surface area (Å²) in [4.78, 5) is 9.91. The molecule has 0 bridgehead atoms. The fourth-order valence-corrected chi connectivity index (χ4v) is 2.00. The van der Waals surface area contributed by atoms with Crippen LogP contribution in [-0.4, -0.2) is 24.2 Å². The van der Waals surface area contributed by atoms with Crippen molar-refractivity contribution in [1.29, 1.82) is 0 Å². The summed E-state index contributed by atoms with van der Waals surface area (Å²) in [6.07, 6.45) is 1.77. The Hall–Kier alpha value is -1.53. The molecule has 1 aromatic carbocycles. The zero-order valence-corrected chi connectivity index (χ0v) is 9.89. The standard InChI is InChI=1S/C12H15FN2O3/c13-12-9(2-1-3-11(12)15(16)17)8-14-10-4-6-18-7-5-10/h1-3,10,14H,4-8H2. The van der Waals surface area contributed by atoms with Crippen LogP contribution in [0.4, 0.5) is 10.1 Å². The summed E-state index contributed by atoms with van der Waals surface area (Å²) in [5.74, 6) is -0.748. The van der Waals surface area contributed by atoms with Crippen LogP contribution in [-0.2, 0) is 11.3 Å². The number of nitrogens with one attached hydrogen (secondary N) is 1. The number of halogens is 1. The fraction of sp³-hybridized carbons (Fsp3) is 0.500. The highest BCUT2D eigenvalue weighted by molar-refractivity contribution is 5.36. The Labute approximate surface area is 104 Å². The lowest BCUT2D eigenvalue weighted by atomic mass is 10.1. The van der Waals surface area contributed by atoms with Gasteiger partial charge < -0.3 is 10.1 Å². The van der Waals surface area contributed by atoms with Crippen molar-refractivity contribution in [2.45, 2.75) is 25.4 Å². The van der Waals surface area contributed by atoms with Crippen molar-refractivity contribution in [3.8, 4) is 0 Å². The average molecular weight is 254 g/mol. The molecule has 1 heterocycles. The highest BCUT2D eigenvalue weighted by atomic mass is 19.1. The van der Waals surface area contributed by atoms with Crippen molar-refractivity contribution < 1.29 is 14.1 Å². The molecule has 98 valence electrons. The second kappa shape index (κ2) is 5.88. The topological polar surface area (TPSA) is 64.4 Å². The van der Waals surface area contributed by atoms with Gasteiger partial charge in [-0.15, -0.1) is 0 Å². The lowest BCUT2D eigenvalue weighted by Crippen LogP contribution is -2.34. The average Bonchev–Trinajstić information content (AvgIpc) is 2.38. The van der Waals surface area contributed by atoms with Crippen LogP contribution in [0, 0.1) is 15.9 Å². The number of nitro benzene ring substituents is 1. The van der Waals surface area contributed by atoms with Gasteiger partial charge in [-0.25, -0.2) is 0 Å². The van der Waals surface area contributed by atoms with Gasteiger partial charge in [-0.2, -0.15) is 4.39 Å². The number of hydrogen-bond donors (Lipinski definition) is 1. The molecule has 1 aliphatic heterocycles. The Morgan fingerprint density at radius 2 is 2.17 bits per heavy atom. The summed E-state index contributed by atoms with van der Waals surface area (Å²) >= 11 is 0. The Morgan fingerprint density at radius 3 is 2.83 bits per heavy atom. The minimum atomic E-state index is -0.748. The van der Waals surface area contributed by atoms with Crippen LogP contribution in [0.3, 0.4) is 0 Å². The zero-order chi connectivity index (χ0) is 13.0. The molecule has 0 atom stereocenters. The molecule has 18 heavy (non-hydrogen) atoms. The molecule has 5 nitrogen and oxygen atoms in total. The summed E-state index contributed by atoms with van der Waals surface area (Å²) in [5, 5.41) is 13.8. The lowest BCUT2D eigenvalue weighted by molar-refractivity contribution is -0.387. The van der Waals surface area contributed by atoms with Crippen LogP contribution < -0.4 is 5.32 Å². The molecule has 1 aliphatic rings. The van der Waals surface area contributed by atoms with Crippen molar-refractivity contribution in [2.75, 3.05) is 13.2 Å². The molecule has 0 aromatic heterocycles. The van der Waals surface area contributed by atoms with E-state index in [0.29, 0.717) is 25.3 Å². The van der Waals surface area contributed by atoms with Gasteiger partial charge in [0.25, 0.3) is 0 Å². The van der Waals surface area contributed by atoms with Crippen molar-refractivity contribution in [3.63, 3.8) is 0 Å². The zero-order valence-electron chi connectivity index (χ0n) is 9.89. The first-order chi connectivity index (χ1) is 8.68. The third-order valence-electron chi connectivity index (χ3n) is 3.06. The van der Waals surface area contributed by atoms with E-state index in [-0.39, 0.29) is 6.04 Å². The molecule has 0 unspecified atom stereocenters. The molecular formula is C12H15FN2O3. The predicted molar refractivity (Wildman–Crippen MR) is 63.7 cm³/mol. The monoisotopic (exact) mass is 254 g/mol. The Morgan fingerprint density at radius 1 is 1.44 bits per heavy atom. The smallest absolute Gasteiger partial charge is 0.305 e. The second-order valence-corrected chi connectivity index (χ2v) is 4.27. The van der Waals surface area contributed by atoms with E-state index in [1.54, 1.807) is 6.07 Å². The van der Waals surface area contributed by atoms with E-state index in [9.17, 15) is 14.5 Å². The van der Waals surface area contributed by atoms with Crippen molar-refractivity contribution in [3.05, 3.63) is 39.7 Å². The van der Waals surface area contributed by atoms with Crippen molar-refractivity contribution >= 4 is 5.69 Å². The minimum Gasteiger partial charge on any atom is -0.381 e. The normalized spacial score (nSPS) is 16.7. The molecular weight excluding hydrogens is 239 g/mol. The Balaban J connectivity index is 2.00. The summed E-state index contributed by atoms with van der Waals surface area (Å²) in [5.41, 5.74) is -0.142. The maximum Gasteiger partial charge on any atom is 0.305 e. The van der Waals surface area contributed by atoms with E-state index in [1.807, 2.05) is 0 Å². The number of rotatable bonds is 4. The molecule has 0 spiro atoms. The molecule has 1 saturated heterocycles. The minimum absolute atomic E-state index is 0.289. The first-order valence-electron chi connectivity index (χ1n) is 5.91. The number of hydrogen-bond acceptors (Lipinski definition) is 4. The second-order valence-electron chi connectivity index (χ2n) is 4.27. The maximum atomic E-state index is 13.8. The molecule has 0 aliphatic carbocycles. The molecule has 0 radical (unpaired) electrons. The van der Waals surface area contributed by atoms with Gasteiger partial charge in [-0.3, -0.25) is 10.1 Å².